The fraction of sp³-hybridized carbons (Fsp3) is 0.375. The number of urea groups is 1. The highest BCUT2D eigenvalue weighted by atomic mass is 32.1. The maximum Gasteiger partial charge on any atom is 0.360 e. The summed E-state index contributed by atoms with van der Waals surface area (Å²) in [5.74, 6) is -0.717. The lowest BCUT2D eigenvalue weighted by molar-refractivity contribution is -0.146. The highest BCUT2D eigenvalue weighted by molar-refractivity contribution is 7.79. The molecule has 0 heterocycles. The second-order valence-electron chi connectivity index (χ2n) is 7.93. The molecule has 0 aliphatic carbocycles. The molecule has 0 aromatic heterocycles. The van der Waals surface area contributed by atoms with Gasteiger partial charge in [0.2, 0.25) is 5.91 Å². The summed E-state index contributed by atoms with van der Waals surface area (Å²) in [6, 6.07) is 12.6. The number of nitrogens with zero attached hydrogens (tertiary/aromatic N) is 2. The number of hydrogen-bond donors (Lipinski definition) is 6. The van der Waals surface area contributed by atoms with Gasteiger partial charge in [0, 0.05) is 18.2 Å². The summed E-state index contributed by atoms with van der Waals surface area (Å²) in [4.78, 5) is 38.3. The largest absolute Gasteiger partial charge is 0.467 e. The van der Waals surface area contributed by atoms with Crippen LogP contribution in [0.15, 0.2) is 64.8 Å². The predicted molar refractivity (Wildman–Crippen MR) is 139 cm³/mol. The lowest BCUT2D eigenvalue weighted by atomic mass is 10.0. The zero-order valence-electron chi connectivity index (χ0n) is 20.3. The number of nitrogens with two attached hydrogens (primary N) is 2. The normalized spacial score (nSPS) is 13.7. The number of nitrogens with one attached hydrogen (secondary N) is 3. The number of hydrogen-bond acceptors (Lipinski definition) is 9. The van der Waals surface area contributed by atoms with Crippen LogP contribution in [0.1, 0.15) is 24.5 Å². The van der Waals surface area contributed by atoms with E-state index in [1.165, 1.54) is 7.11 Å². The minimum Gasteiger partial charge on any atom is -0.467 e. The van der Waals surface area contributed by atoms with Crippen LogP contribution >= 0.6 is 12.6 Å². The molecule has 2 aromatic carbocycles. The van der Waals surface area contributed by atoms with Crippen LogP contribution in [0.4, 0.5) is 10.5 Å². The van der Waals surface area contributed by atoms with Gasteiger partial charge in [0.25, 0.3) is 0 Å². The minimum absolute atomic E-state index is 0.152. The number of thiol groups is 1. The van der Waals surface area contributed by atoms with E-state index >= 15 is 0 Å². The van der Waals surface area contributed by atoms with Gasteiger partial charge in [0.15, 0.2) is 0 Å². The number of rotatable bonds is 12. The summed E-state index contributed by atoms with van der Waals surface area (Å²) in [5, 5.41) is 15.7. The predicted octanol–water partition coefficient (Wildman–Crippen LogP) is 1.75. The summed E-state index contributed by atoms with van der Waals surface area (Å²) in [6.45, 7) is 1.80. The molecule has 0 bridgehead atoms. The van der Waals surface area contributed by atoms with Crippen LogP contribution in [0.3, 0.4) is 0 Å². The molecule has 12 heteroatoms. The van der Waals surface area contributed by atoms with Gasteiger partial charge in [-0.25, -0.2) is 9.59 Å². The molecule has 2 rings (SSSR count). The van der Waals surface area contributed by atoms with Crippen molar-refractivity contribution in [3.63, 3.8) is 0 Å². The fourth-order valence-corrected chi connectivity index (χ4v) is 3.62. The van der Waals surface area contributed by atoms with Crippen LogP contribution < -0.4 is 27.4 Å². The lowest BCUT2D eigenvalue weighted by Gasteiger charge is -2.29. The van der Waals surface area contributed by atoms with Gasteiger partial charge < -0.3 is 26.8 Å². The molecular formula is C24H33N7O4S. The van der Waals surface area contributed by atoms with Crippen LogP contribution in [0.5, 0.6) is 0 Å². The molecule has 0 radical (unpaired) electrons. The van der Waals surface area contributed by atoms with E-state index in [1.54, 1.807) is 19.1 Å². The molecular weight excluding hydrogens is 482 g/mol. The van der Waals surface area contributed by atoms with Gasteiger partial charge in [-0.2, -0.15) is 12.6 Å². The van der Waals surface area contributed by atoms with E-state index in [-0.39, 0.29) is 6.42 Å². The number of amides is 3. The van der Waals surface area contributed by atoms with Crippen molar-refractivity contribution in [1.82, 2.24) is 16.0 Å². The molecule has 0 spiro atoms. The van der Waals surface area contributed by atoms with Crippen molar-refractivity contribution in [1.29, 1.82) is 0 Å². The van der Waals surface area contributed by atoms with Crippen LogP contribution in [0, 0.1) is 0 Å². The Morgan fingerprint density at radius 3 is 2.22 bits per heavy atom. The minimum atomic E-state index is -1.09. The van der Waals surface area contributed by atoms with E-state index in [2.05, 4.69) is 38.8 Å². The van der Waals surface area contributed by atoms with Crippen LogP contribution in [-0.4, -0.2) is 49.4 Å². The van der Waals surface area contributed by atoms with Crippen molar-refractivity contribution < 1.29 is 19.1 Å². The van der Waals surface area contributed by atoms with E-state index in [9.17, 15) is 14.4 Å². The fourth-order valence-electron chi connectivity index (χ4n) is 3.41. The Morgan fingerprint density at radius 1 is 1.00 bits per heavy atom. The third-order valence-electron chi connectivity index (χ3n) is 5.27. The molecule has 0 aliphatic rings. The number of azo groups is 1. The van der Waals surface area contributed by atoms with E-state index in [1.807, 2.05) is 42.5 Å². The number of methoxy groups -OCH3 is 1. The third-order valence-corrected chi connectivity index (χ3v) is 5.64. The first-order chi connectivity index (χ1) is 17.3. The van der Waals surface area contributed by atoms with Crippen molar-refractivity contribution >= 4 is 36.2 Å². The Labute approximate surface area is 215 Å². The molecule has 0 saturated heterocycles. The molecule has 2 aromatic rings. The number of benzene rings is 2. The average molecular weight is 516 g/mol. The van der Waals surface area contributed by atoms with Gasteiger partial charge in [-0.1, -0.05) is 54.5 Å². The van der Waals surface area contributed by atoms with Crippen LogP contribution in [0.2, 0.25) is 0 Å². The highest BCUT2D eigenvalue weighted by Gasteiger charge is 2.33. The third kappa shape index (κ3) is 9.38. The second-order valence-corrected chi connectivity index (χ2v) is 8.25. The van der Waals surface area contributed by atoms with Crippen molar-refractivity contribution in [3.05, 3.63) is 65.7 Å². The zero-order chi connectivity index (χ0) is 26.5. The Bertz CT molecular complexity index is 1020. The molecule has 194 valence electrons. The first-order valence-corrected chi connectivity index (χ1v) is 12.0. The van der Waals surface area contributed by atoms with Crippen molar-refractivity contribution in [2.75, 3.05) is 7.11 Å². The molecule has 3 atom stereocenters. The number of carbonyl (C=O) groups excluding carboxylic acids is 3. The van der Waals surface area contributed by atoms with Crippen molar-refractivity contribution in [3.8, 4) is 0 Å². The first-order valence-electron chi connectivity index (χ1n) is 11.4. The Kier molecular flexibility index (Phi) is 12.0. The molecule has 0 fully saturated rings. The summed E-state index contributed by atoms with van der Waals surface area (Å²) in [5.41, 5.74) is 13.5. The SMILES string of the molecule is CCC(NC(N)N)C(NC(=O)C(Cc1ccccc1)NC(=O)N=Nc1ccc(CS)cc1)C(=O)OC. The van der Waals surface area contributed by atoms with Crippen molar-refractivity contribution in [2.24, 2.45) is 21.7 Å². The van der Waals surface area contributed by atoms with Gasteiger partial charge in [0.1, 0.15) is 18.4 Å². The number of esters is 1. The van der Waals surface area contributed by atoms with Crippen LogP contribution in [0.25, 0.3) is 0 Å². The second kappa shape index (κ2) is 14.9. The van der Waals surface area contributed by atoms with E-state index in [0.29, 0.717) is 17.9 Å². The number of carbonyl (C=O) groups is 3. The summed E-state index contributed by atoms with van der Waals surface area (Å²) < 4.78 is 4.86. The molecule has 0 saturated carbocycles. The highest BCUT2D eigenvalue weighted by Crippen LogP contribution is 2.15. The monoisotopic (exact) mass is 515 g/mol. The Hall–Kier alpha value is -3.32. The summed E-state index contributed by atoms with van der Waals surface area (Å²) in [7, 11) is 1.21. The Morgan fingerprint density at radius 2 is 1.67 bits per heavy atom. The van der Waals surface area contributed by atoms with Crippen LogP contribution in [-0.2, 0) is 26.5 Å². The summed E-state index contributed by atoms with van der Waals surface area (Å²) >= 11 is 4.20. The standard InChI is InChI=1S/C24H33N7O4S/c1-3-18(27-23(25)26)20(22(33)35-2)29-21(32)19(13-15-7-5-4-6-8-15)28-24(34)31-30-17-11-9-16(14-36)10-12-17/h4-12,18-20,23,27,36H,3,13-14,25-26H2,1-2H3,(H,28,34)(H,29,32). The maximum atomic E-state index is 13.3. The van der Waals surface area contributed by atoms with E-state index in [0.717, 1.165) is 11.1 Å². The van der Waals surface area contributed by atoms with Gasteiger partial charge in [-0.05, 0) is 29.7 Å². The molecule has 11 nitrogen and oxygen atoms in total. The zero-order valence-corrected chi connectivity index (χ0v) is 21.2. The maximum absolute atomic E-state index is 13.3. The lowest BCUT2D eigenvalue weighted by Crippen LogP contribution is -2.62. The summed E-state index contributed by atoms with van der Waals surface area (Å²) in [6.07, 6.45) is -0.346. The smallest absolute Gasteiger partial charge is 0.360 e. The average Bonchev–Trinajstić information content (AvgIpc) is 2.89. The van der Waals surface area contributed by atoms with Gasteiger partial charge >= 0.3 is 12.0 Å². The molecule has 0 aliphatic heterocycles. The molecule has 36 heavy (non-hydrogen) atoms. The molecule has 3 amide bonds. The molecule has 3 unspecified atom stereocenters. The quantitative estimate of drug-likeness (QED) is 0.108. The first kappa shape index (κ1) is 28.9. The number of ether oxygens (including phenoxy) is 1. The van der Waals surface area contributed by atoms with Gasteiger partial charge in [-0.15, -0.1) is 5.11 Å². The topological polar surface area (TPSA) is 173 Å². The Balaban J connectivity index is 2.21. The van der Waals surface area contributed by atoms with Crippen molar-refractivity contribution in [2.45, 2.75) is 49.9 Å². The van der Waals surface area contributed by atoms with Gasteiger partial charge in [-0.3, -0.25) is 10.1 Å². The van der Waals surface area contributed by atoms with E-state index < -0.39 is 42.3 Å². The molecule has 7 N–H and O–H groups in total. The van der Waals surface area contributed by atoms with Gasteiger partial charge in [0.05, 0.1) is 12.8 Å². The van der Waals surface area contributed by atoms with E-state index in [4.69, 9.17) is 16.2 Å².